The molecule has 0 saturated heterocycles. The Kier molecular flexibility index (Phi) is 5.05. The van der Waals surface area contributed by atoms with Gasteiger partial charge in [0.15, 0.2) is 0 Å². The summed E-state index contributed by atoms with van der Waals surface area (Å²) in [7, 11) is 0. The molecule has 1 aliphatic rings. The fourth-order valence-corrected chi connectivity index (χ4v) is 3.44. The van der Waals surface area contributed by atoms with Gasteiger partial charge < -0.3 is 14.8 Å². The molecule has 2 atom stereocenters. The van der Waals surface area contributed by atoms with E-state index in [2.05, 4.69) is 17.4 Å². The number of benzene rings is 1. The first-order valence-electron chi connectivity index (χ1n) is 8.65. The van der Waals surface area contributed by atoms with Crippen molar-refractivity contribution in [1.29, 1.82) is 0 Å². The molecule has 1 aliphatic carbocycles. The van der Waals surface area contributed by atoms with Crippen molar-refractivity contribution < 1.29 is 14.3 Å². The number of carbonyl (C=O) groups excluding carboxylic acids is 1. The van der Waals surface area contributed by atoms with Crippen molar-refractivity contribution >= 4 is 5.91 Å². The van der Waals surface area contributed by atoms with E-state index in [1.54, 1.807) is 18.4 Å². The van der Waals surface area contributed by atoms with Gasteiger partial charge >= 0.3 is 0 Å². The number of carbonyl (C=O) groups is 1. The second-order valence-corrected chi connectivity index (χ2v) is 6.94. The summed E-state index contributed by atoms with van der Waals surface area (Å²) in [4.78, 5) is 12.8. The Hall–Kier alpha value is -2.07. The van der Waals surface area contributed by atoms with Gasteiger partial charge in [0.25, 0.3) is 0 Å². The first-order chi connectivity index (χ1) is 11.6. The Morgan fingerprint density at radius 3 is 2.58 bits per heavy atom. The lowest BCUT2D eigenvalue weighted by Crippen LogP contribution is -2.49. The molecule has 1 amide bonds. The molecule has 1 saturated carbocycles. The van der Waals surface area contributed by atoms with E-state index in [-0.39, 0.29) is 17.4 Å². The zero-order chi connectivity index (χ0) is 17.0. The van der Waals surface area contributed by atoms with Crippen LogP contribution in [-0.4, -0.2) is 17.1 Å². The Bertz CT molecular complexity index is 647. The molecule has 2 unspecified atom stereocenters. The molecule has 1 aromatic carbocycles. The molecule has 2 N–H and O–H groups in total. The van der Waals surface area contributed by atoms with E-state index in [4.69, 9.17) is 4.42 Å². The lowest BCUT2D eigenvalue weighted by molar-refractivity contribution is -0.136. The van der Waals surface area contributed by atoms with Gasteiger partial charge in [-0.25, -0.2) is 0 Å². The molecule has 2 aromatic rings. The Morgan fingerprint density at radius 1 is 1.25 bits per heavy atom. The van der Waals surface area contributed by atoms with E-state index in [0.29, 0.717) is 12.2 Å². The number of furan rings is 1. The van der Waals surface area contributed by atoms with Crippen molar-refractivity contribution in [3.63, 3.8) is 0 Å². The topological polar surface area (TPSA) is 62.5 Å². The number of nitrogens with one attached hydrogen (secondary N) is 1. The van der Waals surface area contributed by atoms with Gasteiger partial charge in [0, 0.05) is 12.5 Å². The van der Waals surface area contributed by atoms with Crippen LogP contribution in [0, 0.1) is 5.41 Å². The van der Waals surface area contributed by atoms with E-state index in [9.17, 15) is 9.90 Å². The van der Waals surface area contributed by atoms with Crippen LogP contribution >= 0.6 is 0 Å². The summed E-state index contributed by atoms with van der Waals surface area (Å²) in [5.41, 5.74) is 0.918. The molecule has 4 nitrogen and oxygen atoms in total. The summed E-state index contributed by atoms with van der Waals surface area (Å²) in [6, 6.07) is 13.6. The molecule has 4 heteroatoms. The van der Waals surface area contributed by atoms with Gasteiger partial charge in [0.2, 0.25) is 5.91 Å². The monoisotopic (exact) mass is 327 g/mol. The Morgan fingerprint density at radius 2 is 2.00 bits per heavy atom. The lowest BCUT2D eigenvalue weighted by atomic mass is 9.64. The first kappa shape index (κ1) is 16.8. The third-order valence-electron chi connectivity index (χ3n) is 5.00. The quantitative estimate of drug-likeness (QED) is 0.816. The highest BCUT2D eigenvalue weighted by Gasteiger charge is 2.44. The second-order valence-electron chi connectivity index (χ2n) is 6.94. The minimum Gasteiger partial charge on any atom is -0.467 e. The smallest absolute Gasteiger partial charge is 0.226 e. The van der Waals surface area contributed by atoms with E-state index in [0.717, 1.165) is 25.7 Å². The zero-order valence-corrected chi connectivity index (χ0v) is 14.1. The number of aliphatic hydroxyl groups excluding tert-OH is 1. The van der Waals surface area contributed by atoms with Crippen molar-refractivity contribution in [2.45, 2.75) is 51.2 Å². The predicted molar refractivity (Wildman–Crippen MR) is 92.3 cm³/mol. The number of hydrogen-bond acceptors (Lipinski definition) is 3. The number of amides is 1. The highest BCUT2D eigenvalue weighted by molar-refractivity contribution is 5.84. The minimum atomic E-state index is -0.693. The molecule has 0 bridgehead atoms. The van der Waals surface area contributed by atoms with Crippen molar-refractivity contribution in [1.82, 2.24) is 5.32 Å². The molecule has 0 aliphatic heterocycles. The molecule has 0 spiro atoms. The third kappa shape index (κ3) is 3.70. The van der Waals surface area contributed by atoms with Crippen LogP contribution in [0.25, 0.3) is 0 Å². The van der Waals surface area contributed by atoms with Crippen molar-refractivity contribution in [2.24, 2.45) is 5.41 Å². The van der Waals surface area contributed by atoms with Crippen LogP contribution in [0.3, 0.4) is 0 Å². The van der Waals surface area contributed by atoms with Gasteiger partial charge in [-0.3, -0.25) is 4.79 Å². The van der Waals surface area contributed by atoms with Gasteiger partial charge in [0.05, 0.1) is 11.7 Å². The maximum absolute atomic E-state index is 12.8. The standard InChI is InChI=1S/C20H25NO3/c1-15(13-17(22)18-9-5-12-24-18)21-19(23)20(10-6-11-20)14-16-7-3-2-4-8-16/h2-5,7-9,12,15,17,22H,6,10-11,13-14H2,1H3,(H,21,23). The number of hydrogen-bond donors (Lipinski definition) is 2. The summed E-state index contributed by atoms with van der Waals surface area (Å²) in [5.74, 6) is 0.649. The molecular formula is C20H25NO3. The molecule has 1 heterocycles. The van der Waals surface area contributed by atoms with E-state index < -0.39 is 6.10 Å². The highest BCUT2D eigenvalue weighted by Crippen LogP contribution is 2.44. The number of rotatable bonds is 7. The molecule has 24 heavy (non-hydrogen) atoms. The van der Waals surface area contributed by atoms with Crippen LogP contribution in [0.4, 0.5) is 0 Å². The van der Waals surface area contributed by atoms with Crippen LogP contribution in [-0.2, 0) is 11.2 Å². The average Bonchev–Trinajstić information content (AvgIpc) is 3.06. The maximum Gasteiger partial charge on any atom is 0.226 e. The van der Waals surface area contributed by atoms with Crippen LogP contribution in [0.2, 0.25) is 0 Å². The minimum absolute atomic E-state index is 0.106. The van der Waals surface area contributed by atoms with Crippen LogP contribution in [0.15, 0.2) is 53.1 Å². The van der Waals surface area contributed by atoms with Crippen molar-refractivity contribution in [3.8, 4) is 0 Å². The van der Waals surface area contributed by atoms with Crippen LogP contribution < -0.4 is 5.32 Å². The van der Waals surface area contributed by atoms with Gasteiger partial charge in [0.1, 0.15) is 11.9 Å². The molecule has 3 rings (SSSR count). The molecule has 1 aromatic heterocycles. The lowest BCUT2D eigenvalue weighted by Gasteiger charge is -2.41. The second kappa shape index (κ2) is 7.22. The Balaban J connectivity index is 1.58. The largest absolute Gasteiger partial charge is 0.467 e. The third-order valence-corrected chi connectivity index (χ3v) is 5.00. The van der Waals surface area contributed by atoms with Crippen molar-refractivity contribution in [2.75, 3.05) is 0 Å². The number of aliphatic hydroxyl groups is 1. The summed E-state index contributed by atoms with van der Waals surface area (Å²) >= 11 is 0. The van der Waals surface area contributed by atoms with Gasteiger partial charge in [-0.1, -0.05) is 36.8 Å². The van der Waals surface area contributed by atoms with E-state index >= 15 is 0 Å². The summed E-state index contributed by atoms with van der Waals surface area (Å²) in [5, 5.41) is 13.3. The van der Waals surface area contributed by atoms with Gasteiger partial charge in [-0.15, -0.1) is 0 Å². The highest BCUT2D eigenvalue weighted by atomic mass is 16.4. The summed E-state index contributed by atoms with van der Waals surface area (Å²) in [6.45, 7) is 1.93. The SMILES string of the molecule is CC(CC(O)c1ccco1)NC(=O)C1(Cc2ccccc2)CCC1. The molecule has 0 radical (unpaired) electrons. The summed E-state index contributed by atoms with van der Waals surface area (Å²) in [6.07, 6.45) is 5.05. The fourth-order valence-electron chi connectivity index (χ4n) is 3.44. The van der Waals surface area contributed by atoms with Gasteiger partial charge in [-0.2, -0.15) is 0 Å². The van der Waals surface area contributed by atoms with E-state index in [1.165, 1.54) is 5.56 Å². The molecule has 1 fully saturated rings. The van der Waals surface area contributed by atoms with Crippen LogP contribution in [0.1, 0.15) is 50.0 Å². The first-order valence-corrected chi connectivity index (χ1v) is 8.65. The van der Waals surface area contributed by atoms with Crippen LogP contribution in [0.5, 0.6) is 0 Å². The normalized spacial score (nSPS) is 18.4. The Labute approximate surface area is 142 Å². The molecular weight excluding hydrogens is 302 g/mol. The average molecular weight is 327 g/mol. The zero-order valence-electron chi connectivity index (χ0n) is 14.1. The maximum atomic E-state index is 12.8. The van der Waals surface area contributed by atoms with E-state index in [1.807, 2.05) is 25.1 Å². The molecule has 128 valence electrons. The fraction of sp³-hybridized carbons (Fsp3) is 0.450. The van der Waals surface area contributed by atoms with Crippen molar-refractivity contribution in [3.05, 3.63) is 60.1 Å². The summed E-state index contributed by atoms with van der Waals surface area (Å²) < 4.78 is 5.22. The predicted octanol–water partition coefficient (Wildman–Crippen LogP) is 3.62. The van der Waals surface area contributed by atoms with Gasteiger partial charge in [-0.05, 0) is 43.9 Å².